The van der Waals surface area contributed by atoms with E-state index in [0.717, 1.165) is 5.43 Å². The molecule has 0 bridgehead atoms. The zero-order valence-corrected chi connectivity index (χ0v) is 18.1. The van der Waals surface area contributed by atoms with Gasteiger partial charge < -0.3 is 4.42 Å². The van der Waals surface area contributed by atoms with Gasteiger partial charge >= 0.3 is 29.8 Å². The van der Waals surface area contributed by atoms with E-state index in [4.69, 9.17) is 4.42 Å². The second-order valence-electron chi connectivity index (χ2n) is 7.50. The van der Waals surface area contributed by atoms with E-state index in [0.29, 0.717) is 0 Å². The molecule has 0 atom stereocenters. The van der Waals surface area contributed by atoms with Crippen LogP contribution >= 0.6 is 0 Å². The van der Waals surface area contributed by atoms with E-state index in [1.165, 1.54) is 31.5 Å². The van der Waals surface area contributed by atoms with Gasteiger partial charge in [-0.15, -0.1) is 0 Å². The van der Waals surface area contributed by atoms with Gasteiger partial charge in [0.1, 0.15) is 5.76 Å². The van der Waals surface area contributed by atoms with Crippen molar-refractivity contribution < 1.29 is 49.5 Å². The minimum atomic E-state index is -6.69. The summed E-state index contributed by atoms with van der Waals surface area (Å²) in [5, 5.41) is 3.30. The van der Waals surface area contributed by atoms with E-state index >= 15 is 0 Å². The van der Waals surface area contributed by atoms with Crippen LogP contribution in [0.15, 0.2) is 34.0 Å². The molecular weight excluding hydrogens is 507 g/mol. The first kappa shape index (κ1) is 26.6. The number of aryl methyl sites for hydroxylation is 1. The normalized spacial score (nSPS) is 15.3. The Morgan fingerprint density at radius 2 is 1.58 bits per heavy atom. The molecule has 194 valence electrons. The molecule has 0 saturated carbocycles. The lowest BCUT2D eigenvalue weighted by atomic mass is 9.93. The van der Waals surface area contributed by atoms with Crippen molar-refractivity contribution in [3.8, 4) is 0 Å². The van der Waals surface area contributed by atoms with Gasteiger partial charge in [0.15, 0.2) is 5.76 Å². The van der Waals surface area contributed by atoms with Gasteiger partial charge in [-0.25, -0.2) is 5.43 Å². The standard InChI is InChI=1S/C20H16F7N5O4/c1-9-13-11(29-32-17(35)18(21,22)19(23,24)20(25,26)27)3-2-4-12(13)36-14(9)16(34)31-30-15(33)10-5-7-28-8-6-10/h5-8H,2-4H2,1H3,(H,30,33)(H,31,34)(H,32,35)/b29-11+. The number of halogens is 7. The van der Waals surface area contributed by atoms with E-state index in [-0.39, 0.29) is 53.2 Å². The topological polar surface area (TPSA) is 126 Å². The summed E-state index contributed by atoms with van der Waals surface area (Å²) in [6.07, 6.45) is -3.49. The van der Waals surface area contributed by atoms with Crippen LogP contribution in [0.1, 0.15) is 50.6 Å². The quantitative estimate of drug-likeness (QED) is 0.411. The van der Waals surface area contributed by atoms with Crippen molar-refractivity contribution in [2.75, 3.05) is 0 Å². The predicted molar refractivity (Wildman–Crippen MR) is 106 cm³/mol. The van der Waals surface area contributed by atoms with Crippen LogP contribution in [0.2, 0.25) is 0 Å². The van der Waals surface area contributed by atoms with Crippen LogP contribution in [-0.4, -0.2) is 46.4 Å². The highest BCUT2D eigenvalue weighted by molar-refractivity contribution is 6.07. The summed E-state index contributed by atoms with van der Waals surface area (Å²) in [4.78, 5) is 39.8. The van der Waals surface area contributed by atoms with Gasteiger partial charge in [-0.1, -0.05) is 0 Å². The van der Waals surface area contributed by atoms with Gasteiger partial charge in [-0.2, -0.15) is 35.8 Å². The molecule has 16 heteroatoms. The first-order valence-electron chi connectivity index (χ1n) is 10.0. The Kier molecular flexibility index (Phi) is 7.08. The number of furan rings is 1. The van der Waals surface area contributed by atoms with E-state index in [1.54, 1.807) is 0 Å². The molecule has 3 amide bonds. The number of nitrogens with zero attached hydrogens (tertiary/aromatic N) is 2. The van der Waals surface area contributed by atoms with E-state index in [2.05, 4.69) is 20.9 Å². The lowest BCUT2D eigenvalue weighted by Crippen LogP contribution is -2.58. The van der Waals surface area contributed by atoms with E-state index in [9.17, 15) is 45.1 Å². The maximum absolute atomic E-state index is 13.5. The van der Waals surface area contributed by atoms with Crippen LogP contribution in [0.5, 0.6) is 0 Å². The van der Waals surface area contributed by atoms with Crippen LogP contribution in [-0.2, 0) is 11.2 Å². The summed E-state index contributed by atoms with van der Waals surface area (Å²) >= 11 is 0. The van der Waals surface area contributed by atoms with Crippen molar-refractivity contribution in [1.82, 2.24) is 21.3 Å². The highest BCUT2D eigenvalue weighted by Gasteiger charge is 2.76. The number of hydrogen-bond donors (Lipinski definition) is 3. The molecule has 0 radical (unpaired) electrons. The monoisotopic (exact) mass is 523 g/mol. The maximum atomic E-state index is 13.5. The van der Waals surface area contributed by atoms with Crippen LogP contribution in [0.3, 0.4) is 0 Å². The molecule has 2 aromatic heterocycles. The highest BCUT2D eigenvalue weighted by Crippen LogP contribution is 2.46. The number of pyridine rings is 1. The lowest BCUT2D eigenvalue weighted by Gasteiger charge is -2.26. The number of alkyl halides is 7. The Balaban J connectivity index is 1.78. The molecular formula is C20H16F7N5O4. The van der Waals surface area contributed by atoms with Crippen molar-refractivity contribution >= 4 is 23.4 Å². The number of nitrogens with one attached hydrogen (secondary N) is 3. The van der Waals surface area contributed by atoms with Crippen molar-refractivity contribution in [3.63, 3.8) is 0 Å². The van der Waals surface area contributed by atoms with Crippen LogP contribution in [0.4, 0.5) is 30.7 Å². The van der Waals surface area contributed by atoms with Crippen LogP contribution in [0, 0.1) is 6.92 Å². The molecule has 0 fully saturated rings. The number of hydrogen-bond acceptors (Lipinski definition) is 6. The third-order valence-electron chi connectivity index (χ3n) is 5.09. The first-order valence-corrected chi connectivity index (χ1v) is 10.0. The molecule has 0 saturated heterocycles. The fourth-order valence-electron chi connectivity index (χ4n) is 3.25. The Bertz CT molecular complexity index is 1210. The zero-order chi connectivity index (χ0) is 26.9. The van der Waals surface area contributed by atoms with Crippen LogP contribution < -0.4 is 16.3 Å². The Morgan fingerprint density at radius 3 is 2.19 bits per heavy atom. The van der Waals surface area contributed by atoms with Gasteiger partial charge in [-0.3, -0.25) is 30.2 Å². The van der Waals surface area contributed by atoms with Gasteiger partial charge in [0.05, 0.1) is 5.71 Å². The van der Waals surface area contributed by atoms with Gasteiger partial charge in [0, 0.05) is 35.5 Å². The minimum Gasteiger partial charge on any atom is -0.455 e. The van der Waals surface area contributed by atoms with Crippen molar-refractivity contribution in [1.29, 1.82) is 0 Å². The third-order valence-corrected chi connectivity index (χ3v) is 5.09. The summed E-state index contributed by atoms with van der Waals surface area (Å²) in [5.41, 5.74) is 5.48. The lowest BCUT2D eigenvalue weighted by molar-refractivity contribution is -0.344. The van der Waals surface area contributed by atoms with Gasteiger partial charge in [0.2, 0.25) is 0 Å². The molecule has 0 aromatic carbocycles. The molecule has 36 heavy (non-hydrogen) atoms. The number of hydrazine groups is 1. The first-order chi connectivity index (χ1) is 16.7. The molecule has 0 aliphatic heterocycles. The molecule has 2 heterocycles. The van der Waals surface area contributed by atoms with Crippen molar-refractivity contribution in [2.45, 2.75) is 44.2 Å². The van der Waals surface area contributed by atoms with Crippen LogP contribution in [0.25, 0.3) is 0 Å². The molecule has 1 aliphatic carbocycles. The molecule has 0 unspecified atom stereocenters. The number of amides is 3. The zero-order valence-electron chi connectivity index (χ0n) is 18.1. The average Bonchev–Trinajstić information content (AvgIpc) is 3.17. The largest absolute Gasteiger partial charge is 0.460 e. The number of fused-ring (bicyclic) bond motifs is 1. The maximum Gasteiger partial charge on any atom is 0.460 e. The fraction of sp³-hybridized carbons (Fsp3) is 0.350. The van der Waals surface area contributed by atoms with Crippen molar-refractivity contribution in [2.24, 2.45) is 5.10 Å². The SMILES string of the molecule is Cc1c(C(=O)NNC(=O)c2ccncc2)oc2c1/C(=N/NC(=O)C(F)(F)C(F)(F)C(F)(F)F)CCC2. The molecule has 0 spiro atoms. The second kappa shape index (κ2) is 9.58. The summed E-state index contributed by atoms with van der Waals surface area (Å²) in [5.74, 6) is -17.5. The summed E-state index contributed by atoms with van der Waals surface area (Å²) < 4.78 is 95.6. The van der Waals surface area contributed by atoms with Gasteiger partial charge in [0.25, 0.3) is 5.91 Å². The summed E-state index contributed by atoms with van der Waals surface area (Å²) in [6.45, 7) is 1.36. The third kappa shape index (κ3) is 4.87. The number of carbonyl (C=O) groups is 3. The number of aromatic nitrogens is 1. The minimum absolute atomic E-state index is 0.00523. The fourth-order valence-corrected chi connectivity index (χ4v) is 3.25. The molecule has 2 aromatic rings. The number of rotatable bonds is 5. The second-order valence-corrected chi connectivity index (χ2v) is 7.50. The number of carbonyl (C=O) groups excluding carboxylic acids is 3. The molecule has 3 rings (SSSR count). The van der Waals surface area contributed by atoms with E-state index in [1.807, 2.05) is 0 Å². The van der Waals surface area contributed by atoms with Crippen molar-refractivity contribution in [3.05, 3.63) is 52.7 Å². The molecule has 9 nitrogen and oxygen atoms in total. The number of hydrazone groups is 1. The highest BCUT2D eigenvalue weighted by atomic mass is 19.4. The van der Waals surface area contributed by atoms with Gasteiger partial charge in [-0.05, 0) is 31.9 Å². The molecule has 1 aliphatic rings. The summed E-state index contributed by atoms with van der Waals surface area (Å²) in [7, 11) is 0. The average molecular weight is 523 g/mol. The Labute approximate surface area is 197 Å². The Hall–Kier alpha value is -3.98. The smallest absolute Gasteiger partial charge is 0.455 e. The predicted octanol–water partition coefficient (Wildman–Crippen LogP) is 3.05. The Morgan fingerprint density at radius 1 is 0.972 bits per heavy atom. The molecule has 3 N–H and O–H groups in total. The summed E-state index contributed by atoms with van der Waals surface area (Å²) in [6, 6.07) is 2.76. The van der Waals surface area contributed by atoms with E-state index < -0.39 is 35.7 Å².